The molecule has 0 saturated heterocycles. The monoisotopic (exact) mass is 410 g/mol. The Labute approximate surface area is 159 Å². The average Bonchev–Trinajstić information content (AvgIpc) is 2.66. The number of ether oxygens (including phenoxy) is 1. The minimum atomic E-state index is -4.03. The second-order valence-electron chi connectivity index (χ2n) is 5.75. The number of nitrogens with zero attached hydrogens (tertiary/aromatic N) is 2. The van der Waals surface area contributed by atoms with E-state index in [1.807, 2.05) is 4.72 Å². The van der Waals surface area contributed by atoms with Crippen LogP contribution in [-0.4, -0.2) is 36.3 Å². The molecule has 8 nitrogen and oxygen atoms in total. The zero-order valence-corrected chi connectivity index (χ0v) is 15.7. The molecule has 28 heavy (non-hydrogen) atoms. The highest BCUT2D eigenvalue weighted by atomic mass is 32.2. The van der Waals surface area contributed by atoms with E-state index in [1.165, 1.54) is 19.2 Å². The van der Waals surface area contributed by atoms with Crippen molar-refractivity contribution in [3.8, 4) is 11.8 Å². The normalized spacial score (nSPS) is 11.8. The number of fused-ring (bicyclic) bond motifs is 1. The molecule has 0 fully saturated rings. The van der Waals surface area contributed by atoms with Crippen LogP contribution >= 0.6 is 0 Å². The lowest BCUT2D eigenvalue weighted by atomic mass is 10.2. The number of hydrogen-bond acceptors (Lipinski definition) is 5. The lowest BCUT2D eigenvalue weighted by Crippen LogP contribution is -2.32. The Balaban J connectivity index is 2.00. The second-order valence-corrected chi connectivity index (χ2v) is 7.53. The largest absolute Gasteiger partial charge is 0.419 e. The van der Waals surface area contributed by atoms with E-state index in [-0.39, 0.29) is 17.4 Å². The summed E-state index contributed by atoms with van der Waals surface area (Å²) in [7, 11) is -2.74. The minimum Gasteiger partial charge on any atom is -0.419 e. The molecule has 1 heterocycles. The summed E-state index contributed by atoms with van der Waals surface area (Å²) in [5.74, 6) is -3.29. The number of rotatable bonds is 6. The summed E-state index contributed by atoms with van der Waals surface area (Å²) in [4.78, 5) is 18.3. The number of aromatic nitrogens is 2. The van der Waals surface area contributed by atoms with E-state index in [1.54, 1.807) is 19.1 Å². The molecule has 11 heteroatoms. The van der Waals surface area contributed by atoms with Crippen LogP contribution in [0.15, 0.2) is 41.2 Å². The molecule has 0 bridgehead atoms. The van der Waals surface area contributed by atoms with Gasteiger partial charge in [0.15, 0.2) is 11.6 Å². The maximum absolute atomic E-state index is 14.7. The van der Waals surface area contributed by atoms with Gasteiger partial charge in [0.2, 0.25) is 5.75 Å². The van der Waals surface area contributed by atoms with Crippen LogP contribution in [0.1, 0.15) is 6.92 Å². The van der Waals surface area contributed by atoms with E-state index in [0.29, 0.717) is 0 Å². The molecule has 0 atom stereocenters. The van der Waals surface area contributed by atoms with Gasteiger partial charge in [0, 0.05) is 13.6 Å². The standard InChI is InChI=1S/C17H16F2N4O4S/c1-3-23(2)28(25,26)22-13-9-8-11(18)15(14(13)19)27-17-20-12-7-5-4-6-10(12)16(24)21-17/h4-9,22H,3H2,1-2H3,(H,20,21,24). The molecule has 3 aromatic rings. The summed E-state index contributed by atoms with van der Waals surface area (Å²) >= 11 is 0. The topological polar surface area (TPSA) is 104 Å². The Hall–Kier alpha value is -3.05. The molecule has 148 valence electrons. The molecule has 0 radical (unpaired) electrons. The summed E-state index contributed by atoms with van der Waals surface area (Å²) < 4.78 is 61.0. The SMILES string of the molecule is CCN(C)S(=O)(=O)Nc1ccc(F)c(Oc2nc3ccccc3c(=O)[nH]2)c1F. The van der Waals surface area contributed by atoms with Crippen LogP contribution in [0.25, 0.3) is 10.9 Å². The zero-order valence-electron chi connectivity index (χ0n) is 14.9. The molecule has 0 aliphatic carbocycles. The Morgan fingerprint density at radius 2 is 1.93 bits per heavy atom. The zero-order chi connectivity index (χ0) is 20.5. The lowest BCUT2D eigenvalue weighted by molar-refractivity contribution is 0.384. The Kier molecular flexibility index (Phi) is 5.29. The van der Waals surface area contributed by atoms with Crippen molar-refractivity contribution in [3.63, 3.8) is 0 Å². The minimum absolute atomic E-state index is 0.143. The molecule has 0 spiro atoms. The Bertz CT molecular complexity index is 1200. The number of benzene rings is 2. The van der Waals surface area contributed by atoms with Crippen LogP contribution < -0.4 is 15.0 Å². The Morgan fingerprint density at radius 1 is 1.21 bits per heavy atom. The molecule has 0 unspecified atom stereocenters. The molecule has 1 aromatic heterocycles. The van der Waals surface area contributed by atoms with E-state index in [4.69, 9.17) is 4.74 Å². The first-order valence-electron chi connectivity index (χ1n) is 8.12. The summed E-state index contributed by atoms with van der Waals surface area (Å²) in [6.45, 7) is 1.74. The molecular weight excluding hydrogens is 394 g/mol. The molecular formula is C17H16F2N4O4S. The first-order valence-corrected chi connectivity index (χ1v) is 9.56. The fraction of sp³-hybridized carbons (Fsp3) is 0.176. The fourth-order valence-electron chi connectivity index (χ4n) is 2.30. The van der Waals surface area contributed by atoms with Crippen molar-refractivity contribution in [2.45, 2.75) is 6.92 Å². The Morgan fingerprint density at radius 3 is 2.64 bits per heavy atom. The highest BCUT2D eigenvalue weighted by Crippen LogP contribution is 2.31. The highest BCUT2D eigenvalue weighted by Gasteiger charge is 2.22. The summed E-state index contributed by atoms with van der Waals surface area (Å²) in [6.07, 6.45) is 0. The molecule has 0 amide bonds. The van der Waals surface area contributed by atoms with Crippen molar-refractivity contribution >= 4 is 26.8 Å². The fourth-order valence-corrected chi connectivity index (χ4v) is 3.23. The summed E-state index contributed by atoms with van der Waals surface area (Å²) in [6, 6.07) is 7.67. The molecule has 2 aromatic carbocycles. The van der Waals surface area contributed by atoms with Crippen molar-refractivity contribution < 1.29 is 21.9 Å². The van der Waals surface area contributed by atoms with E-state index in [9.17, 15) is 22.0 Å². The molecule has 0 aliphatic heterocycles. The number of halogens is 2. The first-order chi connectivity index (χ1) is 13.2. The highest BCUT2D eigenvalue weighted by molar-refractivity contribution is 7.90. The lowest BCUT2D eigenvalue weighted by Gasteiger charge is -2.17. The third-order valence-electron chi connectivity index (χ3n) is 3.93. The van der Waals surface area contributed by atoms with Crippen molar-refractivity contribution in [1.29, 1.82) is 0 Å². The van der Waals surface area contributed by atoms with Gasteiger partial charge in [-0.1, -0.05) is 19.1 Å². The van der Waals surface area contributed by atoms with Gasteiger partial charge in [0.25, 0.3) is 5.56 Å². The van der Waals surface area contributed by atoms with Gasteiger partial charge >= 0.3 is 16.2 Å². The van der Waals surface area contributed by atoms with E-state index in [0.717, 1.165) is 16.4 Å². The first kappa shape index (κ1) is 19.7. The van der Waals surface area contributed by atoms with Crippen molar-refractivity contribution in [3.05, 3.63) is 58.4 Å². The van der Waals surface area contributed by atoms with E-state index in [2.05, 4.69) is 9.97 Å². The summed E-state index contributed by atoms with van der Waals surface area (Å²) in [5, 5.41) is 0.278. The summed E-state index contributed by atoms with van der Waals surface area (Å²) in [5.41, 5.74) is -0.800. The third-order valence-corrected chi connectivity index (χ3v) is 5.49. The number of para-hydroxylation sites is 1. The van der Waals surface area contributed by atoms with Crippen LogP contribution in [0, 0.1) is 11.6 Å². The van der Waals surface area contributed by atoms with Crippen LogP contribution in [0.2, 0.25) is 0 Å². The van der Waals surface area contributed by atoms with Gasteiger partial charge in [-0.2, -0.15) is 17.7 Å². The van der Waals surface area contributed by atoms with Crippen LogP contribution in [-0.2, 0) is 10.2 Å². The van der Waals surface area contributed by atoms with E-state index >= 15 is 0 Å². The smallest absolute Gasteiger partial charge is 0.302 e. The van der Waals surface area contributed by atoms with Crippen molar-refractivity contribution in [2.24, 2.45) is 0 Å². The van der Waals surface area contributed by atoms with Crippen LogP contribution in [0.3, 0.4) is 0 Å². The maximum atomic E-state index is 14.7. The van der Waals surface area contributed by atoms with Gasteiger partial charge in [0.05, 0.1) is 16.6 Å². The number of anilines is 1. The molecule has 0 saturated carbocycles. The number of hydrogen-bond donors (Lipinski definition) is 2. The predicted molar refractivity (Wildman–Crippen MR) is 99.6 cm³/mol. The quantitative estimate of drug-likeness (QED) is 0.650. The molecule has 3 rings (SSSR count). The number of H-pyrrole nitrogens is 1. The van der Waals surface area contributed by atoms with Crippen LogP contribution in [0.5, 0.6) is 11.8 Å². The van der Waals surface area contributed by atoms with Gasteiger partial charge in [-0.15, -0.1) is 0 Å². The van der Waals surface area contributed by atoms with Crippen molar-refractivity contribution in [1.82, 2.24) is 14.3 Å². The maximum Gasteiger partial charge on any atom is 0.302 e. The van der Waals surface area contributed by atoms with Crippen molar-refractivity contribution in [2.75, 3.05) is 18.3 Å². The molecule has 0 aliphatic rings. The van der Waals surface area contributed by atoms with Gasteiger partial charge < -0.3 is 4.74 Å². The average molecular weight is 410 g/mol. The predicted octanol–water partition coefficient (Wildman–Crippen LogP) is 2.60. The number of aromatic amines is 1. The van der Waals surface area contributed by atoms with Gasteiger partial charge in [-0.05, 0) is 24.3 Å². The third kappa shape index (κ3) is 3.80. The van der Waals surface area contributed by atoms with Crippen LogP contribution in [0.4, 0.5) is 14.5 Å². The van der Waals surface area contributed by atoms with Gasteiger partial charge in [0.1, 0.15) is 0 Å². The van der Waals surface area contributed by atoms with Gasteiger partial charge in [-0.3, -0.25) is 14.5 Å². The van der Waals surface area contributed by atoms with Gasteiger partial charge in [-0.25, -0.2) is 8.78 Å². The van der Waals surface area contributed by atoms with E-state index < -0.39 is 44.9 Å². The second kappa shape index (κ2) is 7.52. The number of nitrogens with one attached hydrogen (secondary N) is 2. The molecule has 2 N–H and O–H groups in total.